The summed E-state index contributed by atoms with van der Waals surface area (Å²) in [6, 6.07) is 1.00. The molecule has 0 aliphatic carbocycles. The molecule has 1 rings (SSSR count). The summed E-state index contributed by atoms with van der Waals surface area (Å²) < 4.78 is 0. The lowest BCUT2D eigenvalue weighted by atomic mass is 9.86. The Balaban J connectivity index is 2.89. The molecule has 0 aliphatic heterocycles. The minimum Gasteiger partial charge on any atom is -0.480 e. The third kappa shape index (κ3) is 3.32. The highest BCUT2D eigenvalue weighted by atomic mass is 32.1. The van der Waals surface area contributed by atoms with Crippen LogP contribution in [0.5, 0.6) is 0 Å². The first-order chi connectivity index (χ1) is 8.27. The molecule has 0 radical (unpaired) electrons. The maximum absolute atomic E-state index is 12.1. The van der Waals surface area contributed by atoms with Gasteiger partial charge in [0.15, 0.2) is 0 Å². The van der Waals surface area contributed by atoms with Crippen LogP contribution in [-0.2, 0) is 11.2 Å². The Bertz CT molecular complexity index is 445. The van der Waals surface area contributed by atoms with Crippen molar-refractivity contribution in [1.82, 2.24) is 5.32 Å². The zero-order chi connectivity index (χ0) is 13.9. The Morgan fingerprint density at radius 2 is 2.06 bits per heavy atom. The molecule has 0 aliphatic rings. The first-order valence-electron chi connectivity index (χ1n) is 5.87. The monoisotopic (exact) mass is 269 g/mol. The molecular formula is C13H19NO3S. The lowest BCUT2D eigenvalue weighted by Crippen LogP contribution is -2.49. The summed E-state index contributed by atoms with van der Waals surface area (Å²) in [4.78, 5) is 23.9. The van der Waals surface area contributed by atoms with Crippen LogP contribution in [0, 0.1) is 5.41 Å². The number of amides is 1. The Morgan fingerprint density at radius 1 is 1.44 bits per heavy atom. The Hall–Kier alpha value is -1.36. The van der Waals surface area contributed by atoms with Crippen molar-refractivity contribution < 1.29 is 14.7 Å². The van der Waals surface area contributed by atoms with Crippen molar-refractivity contribution in [3.8, 4) is 0 Å². The molecule has 1 aromatic rings. The van der Waals surface area contributed by atoms with E-state index in [0.29, 0.717) is 4.88 Å². The van der Waals surface area contributed by atoms with Crippen LogP contribution in [0.2, 0.25) is 0 Å². The number of carboxylic acid groups (broad SMARTS) is 1. The highest BCUT2D eigenvalue weighted by Gasteiger charge is 2.33. The summed E-state index contributed by atoms with van der Waals surface area (Å²) in [5.74, 6) is -1.31. The van der Waals surface area contributed by atoms with Gasteiger partial charge in [-0.15, -0.1) is 11.3 Å². The van der Waals surface area contributed by atoms with Crippen molar-refractivity contribution in [3.63, 3.8) is 0 Å². The zero-order valence-electron chi connectivity index (χ0n) is 11.1. The second-order valence-corrected chi connectivity index (χ2v) is 6.16. The highest BCUT2D eigenvalue weighted by molar-refractivity contribution is 7.12. The summed E-state index contributed by atoms with van der Waals surface area (Å²) in [6.07, 6.45) is 0.763. The van der Waals surface area contributed by atoms with E-state index in [9.17, 15) is 14.7 Å². The van der Waals surface area contributed by atoms with Gasteiger partial charge in [-0.05, 0) is 28.8 Å². The molecule has 5 heteroatoms. The van der Waals surface area contributed by atoms with Crippen LogP contribution in [0.15, 0.2) is 11.4 Å². The van der Waals surface area contributed by atoms with Crippen molar-refractivity contribution >= 4 is 23.2 Å². The zero-order valence-corrected chi connectivity index (χ0v) is 11.9. The van der Waals surface area contributed by atoms with E-state index in [2.05, 4.69) is 5.32 Å². The molecule has 4 nitrogen and oxygen atoms in total. The van der Waals surface area contributed by atoms with Gasteiger partial charge in [-0.3, -0.25) is 4.79 Å². The molecule has 0 bridgehead atoms. The van der Waals surface area contributed by atoms with Gasteiger partial charge in [0.25, 0.3) is 5.91 Å². The second-order valence-electron chi connectivity index (χ2n) is 5.24. The van der Waals surface area contributed by atoms with Gasteiger partial charge in [-0.25, -0.2) is 4.79 Å². The lowest BCUT2D eigenvalue weighted by molar-refractivity contribution is -0.142. The third-order valence-corrected chi connectivity index (χ3v) is 3.68. The summed E-state index contributed by atoms with van der Waals surface area (Å²) in [5.41, 5.74) is 0.432. The minimum absolute atomic E-state index is 0.302. The van der Waals surface area contributed by atoms with Gasteiger partial charge in [-0.1, -0.05) is 27.7 Å². The third-order valence-electron chi connectivity index (χ3n) is 2.72. The molecular weight excluding hydrogens is 250 g/mol. The molecule has 1 aromatic heterocycles. The van der Waals surface area contributed by atoms with Crippen molar-refractivity contribution in [2.24, 2.45) is 5.41 Å². The number of hydrogen-bond donors (Lipinski definition) is 2. The van der Waals surface area contributed by atoms with E-state index in [4.69, 9.17) is 0 Å². The first-order valence-corrected chi connectivity index (χ1v) is 6.75. The second kappa shape index (κ2) is 5.52. The molecule has 0 saturated carbocycles. The summed E-state index contributed by atoms with van der Waals surface area (Å²) in [5, 5.41) is 13.6. The number of nitrogens with one attached hydrogen (secondary N) is 1. The number of aliphatic carboxylic acids is 1. The predicted octanol–water partition coefficient (Wildman–Crippen LogP) is 2.54. The van der Waals surface area contributed by atoms with Gasteiger partial charge in [0.1, 0.15) is 6.04 Å². The largest absolute Gasteiger partial charge is 0.480 e. The molecule has 1 heterocycles. The molecule has 18 heavy (non-hydrogen) atoms. The van der Waals surface area contributed by atoms with Crippen LogP contribution in [0.4, 0.5) is 0 Å². The maximum Gasteiger partial charge on any atom is 0.326 e. The number of carbonyl (C=O) groups excluding carboxylic acids is 1. The molecule has 0 aromatic carbocycles. The van der Waals surface area contributed by atoms with Gasteiger partial charge < -0.3 is 10.4 Å². The molecule has 2 N–H and O–H groups in total. The summed E-state index contributed by atoms with van der Waals surface area (Å²) >= 11 is 1.34. The molecule has 1 atom stereocenters. The van der Waals surface area contributed by atoms with Crippen molar-refractivity contribution in [3.05, 3.63) is 21.9 Å². The van der Waals surface area contributed by atoms with Gasteiger partial charge in [-0.2, -0.15) is 0 Å². The first kappa shape index (κ1) is 14.7. The van der Waals surface area contributed by atoms with E-state index in [1.807, 2.05) is 18.4 Å². The molecule has 0 spiro atoms. The van der Waals surface area contributed by atoms with Gasteiger partial charge in [0, 0.05) is 0 Å². The maximum atomic E-state index is 12.1. The normalized spacial score (nSPS) is 13.1. The Morgan fingerprint density at radius 3 is 2.50 bits per heavy atom. The standard InChI is InChI=1S/C13H19NO3S/c1-5-8-6-7-18-9(8)11(15)14-10(12(16)17)13(2,3)4/h6-7,10H,5H2,1-4H3,(H,14,15)(H,16,17). The van der Waals surface area contributed by atoms with Gasteiger partial charge in [0.05, 0.1) is 4.88 Å². The fourth-order valence-corrected chi connectivity index (χ4v) is 2.56. The number of carbonyl (C=O) groups is 2. The fourth-order valence-electron chi connectivity index (χ4n) is 1.66. The summed E-state index contributed by atoms with van der Waals surface area (Å²) in [6.45, 7) is 7.35. The molecule has 1 unspecified atom stereocenters. The number of thiophene rings is 1. The lowest BCUT2D eigenvalue weighted by Gasteiger charge is -2.27. The van der Waals surface area contributed by atoms with Gasteiger partial charge in [0.2, 0.25) is 0 Å². The predicted molar refractivity (Wildman–Crippen MR) is 72.0 cm³/mol. The number of hydrogen-bond acceptors (Lipinski definition) is 3. The van der Waals surface area contributed by atoms with Crippen LogP contribution in [0.1, 0.15) is 42.9 Å². The van der Waals surface area contributed by atoms with E-state index in [1.165, 1.54) is 11.3 Å². The number of rotatable bonds is 4. The fraction of sp³-hybridized carbons (Fsp3) is 0.538. The summed E-state index contributed by atoms with van der Waals surface area (Å²) in [7, 11) is 0. The van der Waals surface area contributed by atoms with E-state index >= 15 is 0 Å². The van der Waals surface area contributed by atoms with Crippen LogP contribution < -0.4 is 5.32 Å². The van der Waals surface area contributed by atoms with Crippen LogP contribution in [-0.4, -0.2) is 23.0 Å². The van der Waals surface area contributed by atoms with Crippen molar-refractivity contribution in [2.45, 2.75) is 40.2 Å². The highest BCUT2D eigenvalue weighted by Crippen LogP contribution is 2.22. The number of carboxylic acids is 1. The molecule has 1 amide bonds. The Kier molecular flexibility index (Phi) is 4.51. The quantitative estimate of drug-likeness (QED) is 0.882. The van der Waals surface area contributed by atoms with Crippen LogP contribution in [0.3, 0.4) is 0 Å². The minimum atomic E-state index is -1.01. The van der Waals surface area contributed by atoms with Crippen molar-refractivity contribution in [1.29, 1.82) is 0 Å². The van der Waals surface area contributed by atoms with E-state index in [0.717, 1.165) is 12.0 Å². The van der Waals surface area contributed by atoms with Crippen LogP contribution in [0.25, 0.3) is 0 Å². The van der Waals surface area contributed by atoms with E-state index in [-0.39, 0.29) is 5.91 Å². The topological polar surface area (TPSA) is 66.4 Å². The van der Waals surface area contributed by atoms with E-state index in [1.54, 1.807) is 20.8 Å². The molecule has 0 fully saturated rings. The average molecular weight is 269 g/mol. The van der Waals surface area contributed by atoms with Crippen molar-refractivity contribution in [2.75, 3.05) is 0 Å². The van der Waals surface area contributed by atoms with Crippen LogP contribution >= 0.6 is 11.3 Å². The van der Waals surface area contributed by atoms with Gasteiger partial charge >= 0.3 is 5.97 Å². The average Bonchev–Trinajstić information content (AvgIpc) is 2.71. The smallest absolute Gasteiger partial charge is 0.326 e. The number of aryl methyl sites for hydroxylation is 1. The Labute approximate surface area is 111 Å². The van der Waals surface area contributed by atoms with E-state index < -0.39 is 17.4 Å². The SMILES string of the molecule is CCc1ccsc1C(=O)NC(C(=O)O)C(C)(C)C. The molecule has 0 saturated heterocycles. The molecule has 100 valence electrons.